The zero-order valence-electron chi connectivity index (χ0n) is 38.5. The Hall–Kier alpha value is -2.96. The lowest BCUT2D eigenvalue weighted by Crippen LogP contribution is -2.45. The van der Waals surface area contributed by atoms with Crippen molar-refractivity contribution >= 4 is 11.9 Å². The third kappa shape index (κ3) is 89.6. The number of para-hydroxylation sites is 1. The smallest absolute Gasteiger partial charge is 0.368 e. The summed E-state index contributed by atoms with van der Waals surface area (Å²) in [5.41, 5.74) is 0.437. The summed E-state index contributed by atoms with van der Waals surface area (Å²) in [5, 5.41) is 68.1. The predicted octanol–water partition coefficient (Wildman–Crippen LogP) is 6.06. The summed E-state index contributed by atoms with van der Waals surface area (Å²) in [6.07, 6.45) is 7.95. The van der Waals surface area contributed by atoms with E-state index in [1.54, 1.807) is 81.4 Å². The molecule has 0 aromatic heterocycles. The van der Waals surface area contributed by atoms with Crippen molar-refractivity contribution in [2.75, 3.05) is 66.1 Å². The lowest BCUT2D eigenvalue weighted by molar-refractivity contribution is -0.391. The first-order valence-electron chi connectivity index (χ1n) is 20.1. The lowest BCUT2D eigenvalue weighted by Gasteiger charge is -2.31. The highest BCUT2D eigenvalue weighted by Gasteiger charge is 2.39. The Morgan fingerprint density at radius 1 is 0.517 bits per heavy atom. The molecule has 0 aliphatic heterocycles. The van der Waals surface area contributed by atoms with Crippen LogP contribution in [-0.4, -0.2) is 130 Å². The molecular weight excluding hydrogens is 756 g/mol. The third-order valence-electron chi connectivity index (χ3n) is 4.60. The van der Waals surface area contributed by atoms with Crippen molar-refractivity contribution in [2.45, 2.75) is 140 Å². The van der Waals surface area contributed by atoms with Crippen LogP contribution in [0.4, 0.5) is 0 Å². The van der Waals surface area contributed by atoms with Gasteiger partial charge < -0.3 is 55.4 Å². The SMILES string of the molecule is C=C(C)C(=O)OCC(CCCCCCCCC)(OOC(=O)C(=C)C)Oc1ccccc1.CCO.CCO.CCO.CCO.CCO.CCO.CCO.CCO.CCO. The number of rotatable bonds is 16. The van der Waals surface area contributed by atoms with Crippen molar-refractivity contribution in [1.82, 2.24) is 0 Å². The van der Waals surface area contributed by atoms with E-state index in [0.29, 0.717) is 12.2 Å². The predicted molar refractivity (Wildman–Crippen MR) is 235 cm³/mol. The number of aliphatic hydroxyl groups excluding tert-OH is 9. The number of esters is 1. The summed E-state index contributed by atoms with van der Waals surface area (Å²) in [6.45, 7) is 29.5. The third-order valence-corrected chi connectivity index (χ3v) is 4.60. The molecule has 1 rings (SSSR count). The fourth-order valence-corrected chi connectivity index (χ4v) is 2.77. The number of benzene rings is 1. The molecule has 0 heterocycles. The van der Waals surface area contributed by atoms with Crippen LogP contribution in [0.2, 0.25) is 0 Å². The van der Waals surface area contributed by atoms with Crippen molar-refractivity contribution < 1.29 is 74.8 Å². The Kier molecular flexibility index (Phi) is 98.0. The van der Waals surface area contributed by atoms with Gasteiger partial charge in [0.2, 0.25) is 0 Å². The summed E-state index contributed by atoms with van der Waals surface area (Å²) in [5.74, 6) is -2.27. The molecule has 0 aliphatic carbocycles. The van der Waals surface area contributed by atoms with Gasteiger partial charge in [-0.05, 0) is 94.7 Å². The van der Waals surface area contributed by atoms with Crippen molar-refractivity contribution in [2.24, 2.45) is 0 Å². The molecule has 58 heavy (non-hydrogen) atoms. The number of carbonyl (C=O) groups is 2. The highest BCUT2D eigenvalue weighted by atomic mass is 17.2. The second kappa shape index (κ2) is 74.9. The molecule has 1 atom stereocenters. The number of carbonyl (C=O) groups excluding carboxylic acids is 2. The van der Waals surface area contributed by atoms with E-state index in [1.165, 1.54) is 26.2 Å². The van der Waals surface area contributed by atoms with Crippen LogP contribution in [0.3, 0.4) is 0 Å². The first kappa shape index (κ1) is 75.8. The van der Waals surface area contributed by atoms with E-state index < -0.39 is 17.7 Å². The molecule has 0 saturated heterocycles. The number of ether oxygens (including phenoxy) is 2. The normalized spacial score (nSPS) is 9.47. The Labute approximate surface area is 352 Å². The molecule has 0 amide bonds. The standard InChI is InChI=1S/C25H36O6.9C2H6O/c1-6-7-8-9-10-11-15-18-25(19-28-23(26)20(2)3,31-30-24(27)21(4)5)29-22-16-13-12-14-17-22;9*1-2-3/h12-14,16-17H,2,4,6-11,15,18-19H2,1,3,5H3;9*3H,2H2,1H3. The summed E-state index contributed by atoms with van der Waals surface area (Å²) in [6, 6.07) is 8.99. The lowest BCUT2D eigenvalue weighted by atomic mass is 10.0. The quantitative estimate of drug-likeness (QED) is 0.0229. The van der Waals surface area contributed by atoms with Crippen molar-refractivity contribution in [1.29, 1.82) is 0 Å². The van der Waals surface area contributed by atoms with Crippen molar-refractivity contribution in [3.05, 3.63) is 54.6 Å². The molecule has 0 bridgehead atoms. The number of aliphatic hydroxyl groups is 9. The zero-order valence-corrected chi connectivity index (χ0v) is 38.5. The van der Waals surface area contributed by atoms with Crippen molar-refractivity contribution in [3.8, 4) is 5.75 Å². The number of unbranched alkanes of at least 4 members (excludes halogenated alkanes) is 6. The maximum atomic E-state index is 12.0. The van der Waals surface area contributed by atoms with Gasteiger partial charge in [-0.3, -0.25) is 4.89 Å². The van der Waals surface area contributed by atoms with E-state index in [2.05, 4.69) is 20.1 Å². The van der Waals surface area contributed by atoms with Gasteiger partial charge in [0.15, 0.2) is 6.61 Å². The minimum absolute atomic E-state index is 0.184. The van der Waals surface area contributed by atoms with Gasteiger partial charge in [-0.1, -0.05) is 76.8 Å². The van der Waals surface area contributed by atoms with Gasteiger partial charge in [-0.15, -0.1) is 4.89 Å². The molecule has 1 aromatic rings. The zero-order chi connectivity index (χ0) is 47.5. The fraction of sp³-hybridized carbons (Fsp3) is 0.721. The molecule has 15 nitrogen and oxygen atoms in total. The van der Waals surface area contributed by atoms with Gasteiger partial charge in [-0.2, -0.15) is 0 Å². The van der Waals surface area contributed by atoms with E-state index in [0.717, 1.165) is 25.7 Å². The Balaban J connectivity index is -0.000000103. The van der Waals surface area contributed by atoms with Crippen LogP contribution in [0.15, 0.2) is 54.6 Å². The van der Waals surface area contributed by atoms with Crippen LogP contribution in [0.5, 0.6) is 5.75 Å². The molecular formula is C43H90O15. The van der Waals surface area contributed by atoms with Crippen LogP contribution in [0.1, 0.15) is 134 Å². The van der Waals surface area contributed by atoms with E-state index in [-0.39, 0.29) is 77.2 Å². The maximum absolute atomic E-state index is 12.0. The molecule has 0 aliphatic rings. The highest BCUT2D eigenvalue weighted by molar-refractivity contribution is 5.87. The summed E-state index contributed by atoms with van der Waals surface area (Å²) in [4.78, 5) is 34.4. The van der Waals surface area contributed by atoms with Crippen LogP contribution in [-0.2, 0) is 24.1 Å². The van der Waals surface area contributed by atoms with Gasteiger partial charge in [0.05, 0.1) is 0 Å². The Bertz CT molecular complexity index is 812. The van der Waals surface area contributed by atoms with Gasteiger partial charge >= 0.3 is 11.9 Å². The van der Waals surface area contributed by atoms with E-state index in [1.807, 2.05) is 18.2 Å². The molecule has 0 fully saturated rings. The molecule has 0 radical (unpaired) electrons. The first-order chi connectivity index (χ1) is 27.5. The van der Waals surface area contributed by atoms with E-state index >= 15 is 0 Å². The van der Waals surface area contributed by atoms with E-state index in [9.17, 15) is 9.59 Å². The molecule has 9 N–H and O–H groups in total. The monoisotopic (exact) mass is 847 g/mol. The van der Waals surface area contributed by atoms with Crippen LogP contribution >= 0.6 is 0 Å². The minimum atomic E-state index is -1.49. The summed E-state index contributed by atoms with van der Waals surface area (Å²) >= 11 is 0. The van der Waals surface area contributed by atoms with Gasteiger partial charge in [0, 0.05) is 77.0 Å². The largest absolute Gasteiger partial charge is 0.455 e. The highest BCUT2D eigenvalue weighted by Crippen LogP contribution is 2.27. The molecule has 0 spiro atoms. The molecule has 0 saturated carbocycles. The van der Waals surface area contributed by atoms with Gasteiger partial charge in [0.1, 0.15) is 5.75 Å². The van der Waals surface area contributed by atoms with Gasteiger partial charge in [0.25, 0.3) is 5.79 Å². The topological polar surface area (TPSA) is 253 Å². The molecule has 1 aromatic carbocycles. The molecule has 15 heteroatoms. The minimum Gasteiger partial charge on any atom is -0.455 e. The Morgan fingerprint density at radius 2 is 0.828 bits per heavy atom. The number of hydrogen-bond acceptors (Lipinski definition) is 15. The fourth-order valence-electron chi connectivity index (χ4n) is 2.77. The van der Waals surface area contributed by atoms with E-state index in [4.69, 9.17) is 65.2 Å². The molecule has 1 unspecified atom stereocenters. The number of hydrogen-bond donors (Lipinski definition) is 9. The first-order valence-corrected chi connectivity index (χ1v) is 20.1. The average molecular weight is 847 g/mol. The second-order valence-corrected chi connectivity index (χ2v) is 10.6. The summed E-state index contributed by atoms with van der Waals surface area (Å²) < 4.78 is 11.4. The van der Waals surface area contributed by atoms with Crippen molar-refractivity contribution in [3.63, 3.8) is 0 Å². The maximum Gasteiger partial charge on any atom is 0.368 e. The molecule has 352 valence electrons. The van der Waals surface area contributed by atoms with Crippen LogP contribution in [0.25, 0.3) is 0 Å². The van der Waals surface area contributed by atoms with Gasteiger partial charge in [-0.25, -0.2) is 9.59 Å². The summed E-state index contributed by atoms with van der Waals surface area (Å²) in [7, 11) is 0. The average Bonchev–Trinajstić information content (AvgIpc) is 3.16. The Morgan fingerprint density at radius 3 is 1.14 bits per heavy atom. The van der Waals surface area contributed by atoms with Crippen LogP contribution in [0, 0.1) is 0 Å². The second-order valence-electron chi connectivity index (χ2n) is 10.6. The van der Waals surface area contributed by atoms with Crippen LogP contribution < -0.4 is 4.74 Å².